The molecule has 1 rings (SSSR count). The zero-order chi connectivity index (χ0) is 14.3. The van der Waals surface area contributed by atoms with Crippen LogP contribution in [0, 0.1) is 5.92 Å². The molecule has 6 nitrogen and oxygen atoms in total. The lowest BCUT2D eigenvalue weighted by atomic mass is 10.2. The number of rotatable bonds is 8. The molecule has 0 aromatic carbocycles. The minimum atomic E-state index is -0.967. The van der Waals surface area contributed by atoms with E-state index in [-0.39, 0.29) is 12.5 Å². The number of hydrogen-bond acceptors (Lipinski definition) is 4. The normalized spacial score (nSPS) is 10.7. The molecule has 2 N–H and O–H groups in total. The molecular formula is C12H19N3O3S. The molecule has 106 valence electrons. The Hall–Kier alpha value is -1.50. The Kier molecular flexibility index (Phi) is 6.41. The van der Waals surface area contributed by atoms with Crippen molar-refractivity contribution in [3.05, 3.63) is 12.3 Å². The number of hydrogen-bond donors (Lipinski definition) is 2. The quantitative estimate of drug-likeness (QED) is 0.710. The second-order valence-corrected chi connectivity index (χ2v) is 5.68. The van der Waals surface area contributed by atoms with Gasteiger partial charge in [-0.05, 0) is 18.1 Å². The molecule has 1 aromatic rings. The highest BCUT2D eigenvalue weighted by Gasteiger charge is 2.07. The van der Waals surface area contributed by atoms with Gasteiger partial charge in [-0.15, -0.1) is 0 Å². The number of aliphatic carboxylic acids is 1. The van der Waals surface area contributed by atoms with Gasteiger partial charge in [-0.25, -0.2) is 0 Å². The maximum atomic E-state index is 11.6. The van der Waals surface area contributed by atoms with E-state index in [1.165, 1.54) is 10.9 Å². The minimum absolute atomic E-state index is 0.116. The van der Waals surface area contributed by atoms with Crippen molar-refractivity contribution in [1.82, 2.24) is 9.78 Å². The Balaban J connectivity index is 2.28. The first kappa shape index (κ1) is 15.6. The third kappa shape index (κ3) is 6.85. The van der Waals surface area contributed by atoms with Crippen molar-refractivity contribution in [3.63, 3.8) is 0 Å². The molecule has 0 radical (unpaired) electrons. The number of amides is 1. The molecule has 0 aliphatic rings. The van der Waals surface area contributed by atoms with E-state index in [2.05, 4.69) is 24.3 Å². The molecule has 0 aliphatic carbocycles. The van der Waals surface area contributed by atoms with Crippen molar-refractivity contribution < 1.29 is 14.7 Å². The van der Waals surface area contributed by atoms with Gasteiger partial charge in [-0.2, -0.15) is 16.9 Å². The van der Waals surface area contributed by atoms with Crippen molar-refractivity contribution in [2.45, 2.75) is 26.8 Å². The maximum absolute atomic E-state index is 11.6. The van der Waals surface area contributed by atoms with Crippen LogP contribution >= 0.6 is 11.8 Å². The Morgan fingerprint density at radius 2 is 2.26 bits per heavy atom. The van der Waals surface area contributed by atoms with Crippen LogP contribution in [-0.4, -0.2) is 38.3 Å². The lowest BCUT2D eigenvalue weighted by molar-refractivity contribution is -0.137. The standard InChI is InChI=1S/C12H19N3O3S/c1-9(2)4-6-19-8-11(16)13-10-3-5-15(14-10)7-12(17)18/h3,5,9H,4,6-8H2,1-2H3,(H,17,18)(H,13,14,16). The number of anilines is 1. The average Bonchev–Trinajstić information content (AvgIpc) is 2.70. The number of nitrogens with zero attached hydrogens (tertiary/aromatic N) is 2. The summed E-state index contributed by atoms with van der Waals surface area (Å²) in [6.45, 7) is 4.09. The van der Waals surface area contributed by atoms with Crippen molar-refractivity contribution >= 4 is 29.5 Å². The molecule has 0 saturated heterocycles. The molecule has 0 bridgehead atoms. The first-order chi connectivity index (χ1) is 8.97. The van der Waals surface area contributed by atoms with Crippen LogP contribution in [0.15, 0.2) is 12.3 Å². The maximum Gasteiger partial charge on any atom is 0.325 e. The predicted molar refractivity (Wildman–Crippen MR) is 75.3 cm³/mol. The summed E-state index contributed by atoms with van der Waals surface area (Å²) in [7, 11) is 0. The summed E-state index contributed by atoms with van der Waals surface area (Å²) in [5, 5.41) is 15.2. The van der Waals surface area contributed by atoms with Gasteiger partial charge in [0.1, 0.15) is 6.54 Å². The summed E-state index contributed by atoms with van der Waals surface area (Å²) < 4.78 is 1.27. The van der Waals surface area contributed by atoms with E-state index >= 15 is 0 Å². The smallest absolute Gasteiger partial charge is 0.325 e. The molecule has 0 spiro atoms. The topological polar surface area (TPSA) is 84.2 Å². The van der Waals surface area contributed by atoms with Gasteiger partial charge in [0.25, 0.3) is 0 Å². The van der Waals surface area contributed by atoms with Gasteiger partial charge in [0.15, 0.2) is 5.82 Å². The van der Waals surface area contributed by atoms with Gasteiger partial charge in [0.2, 0.25) is 5.91 Å². The number of carboxylic acid groups (broad SMARTS) is 1. The monoisotopic (exact) mass is 285 g/mol. The van der Waals surface area contributed by atoms with Gasteiger partial charge in [-0.1, -0.05) is 13.8 Å². The van der Waals surface area contributed by atoms with Gasteiger partial charge >= 0.3 is 5.97 Å². The van der Waals surface area contributed by atoms with Crippen molar-refractivity contribution in [2.24, 2.45) is 5.92 Å². The molecule has 1 aromatic heterocycles. The molecule has 7 heteroatoms. The third-order valence-electron chi connectivity index (χ3n) is 2.28. The van der Waals surface area contributed by atoms with Crippen LogP contribution in [0.2, 0.25) is 0 Å². The zero-order valence-electron chi connectivity index (χ0n) is 11.1. The molecule has 19 heavy (non-hydrogen) atoms. The summed E-state index contributed by atoms with van der Waals surface area (Å²) >= 11 is 1.59. The van der Waals surface area contributed by atoms with E-state index in [4.69, 9.17) is 5.11 Å². The lowest BCUT2D eigenvalue weighted by Gasteiger charge is -2.04. The molecule has 1 amide bonds. The van der Waals surface area contributed by atoms with E-state index < -0.39 is 5.97 Å². The fourth-order valence-corrected chi connectivity index (χ4v) is 2.36. The van der Waals surface area contributed by atoms with E-state index in [0.717, 1.165) is 12.2 Å². The highest BCUT2D eigenvalue weighted by atomic mass is 32.2. The predicted octanol–water partition coefficient (Wildman–Crippen LogP) is 1.69. The second kappa shape index (κ2) is 7.83. The number of nitrogens with one attached hydrogen (secondary N) is 1. The van der Waals surface area contributed by atoms with E-state index in [1.54, 1.807) is 17.8 Å². The number of thioether (sulfide) groups is 1. The number of carboxylic acids is 1. The van der Waals surface area contributed by atoms with Gasteiger partial charge in [0, 0.05) is 12.3 Å². The number of carbonyl (C=O) groups excluding carboxylic acids is 1. The molecular weight excluding hydrogens is 266 g/mol. The van der Waals surface area contributed by atoms with Gasteiger partial charge in [-0.3, -0.25) is 14.3 Å². The van der Waals surface area contributed by atoms with Crippen molar-refractivity contribution in [2.75, 3.05) is 16.8 Å². The van der Waals surface area contributed by atoms with Crippen LogP contribution in [0.3, 0.4) is 0 Å². The lowest BCUT2D eigenvalue weighted by Crippen LogP contribution is -2.16. The average molecular weight is 285 g/mol. The molecule has 1 heterocycles. The molecule has 0 fully saturated rings. The fraction of sp³-hybridized carbons (Fsp3) is 0.583. The Bertz CT molecular complexity index is 432. The summed E-state index contributed by atoms with van der Waals surface area (Å²) in [6, 6.07) is 1.58. The van der Waals surface area contributed by atoms with Crippen LogP contribution in [0.25, 0.3) is 0 Å². The number of carbonyl (C=O) groups is 2. The highest BCUT2D eigenvalue weighted by molar-refractivity contribution is 7.99. The van der Waals surface area contributed by atoms with Crippen molar-refractivity contribution in [1.29, 1.82) is 0 Å². The van der Waals surface area contributed by atoms with E-state index in [0.29, 0.717) is 17.5 Å². The first-order valence-corrected chi connectivity index (χ1v) is 7.25. The summed E-state index contributed by atoms with van der Waals surface area (Å²) in [6.07, 6.45) is 2.61. The number of aromatic nitrogens is 2. The first-order valence-electron chi connectivity index (χ1n) is 6.10. The zero-order valence-corrected chi connectivity index (χ0v) is 11.9. The van der Waals surface area contributed by atoms with Crippen molar-refractivity contribution in [3.8, 4) is 0 Å². The van der Waals surface area contributed by atoms with Gasteiger partial charge in [0.05, 0.1) is 5.75 Å². The molecule has 0 atom stereocenters. The van der Waals surface area contributed by atoms with E-state index in [9.17, 15) is 9.59 Å². The largest absolute Gasteiger partial charge is 0.480 e. The molecule has 0 saturated carbocycles. The van der Waals surface area contributed by atoms with Crippen LogP contribution in [0.5, 0.6) is 0 Å². The summed E-state index contributed by atoms with van der Waals surface area (Å²) in [4.78, 5) is 22.1. The van der Waals surface area contributed by atoms with Crippen LogP contribution in [0.1, 0.15) is 20.3 Å². The van der Waals surface area contributed by atoms with Crippen LogP contribution < -0.4 is 5.32 Å². The Morgan fingerprint density at radius 1 is 1.53 bits per heavy atom. The summed E-state index contributed by atoms with van der Waals surface area (Å²) in [5.74, 6) is 1.29. The SMILES string of the molecule is CC(C)CCSCC(=O)Nc1ccn(CC(=O)O)n1. The van der Waals surface area contributed by atoms with Gasteiger partial charge < -0.3 is 10.4 Å². The Morgan fingerprint density at radius 3 is 2.89 bits per heavy atom. The molecule has 0 aliphatic heterocycles. The fourth-order valence-electron chi connectivity index (χ4n) is 1.32. The van der Waals surface area contributed by atoms with Crippen LogP contribution in [-0.2, 0) is 16.1 Å². The third-order valence-corrected chi connectivity index (χ3v) is 3.27. The molecule has 0 unspecified atom stereocenters. The second-order valence-electron chi connectivity index (χ2n) is 4.58. The van der Waals surface area contributed by atoms with E-state index in [1.807, 2.05) is 0 Å². The van der Waals surface area contributed by atoms with Crippen LogP contribution in [0.4, 0.5) is 5.82 Å². The Labute approximate surface area is 116 Å². The highest BCUT2D eigenvalue weighted by Crippen LogP contribution is 2.09. The minimum Gasteiger partial charge on any atom is -0.480 e. The summed E-state index contributed by atoms with van der Waals surface area (Å²) in [5.41, 5.74) is 0.